The van der Waals surface area contributed by atoms with Gasteiger partial charge in [0.05, 0.1) is 10.5 Å². The number of sulfonamides is 1. The molecule has 1 fully saturated rings. The molecule has 0 spiro atoms. The van der Waals surface area contributed by atoms with Crippen molar-refractivity contribution in [2.24, 2.45) is 0 Å². The highest BCUT2D eigenvalue weighted by Crippen LogP contribution is 2.24. The lowest BCUT2D eigenvalue weighted by Gasteiger charge is -2.11. The summed E-state index contributed by atoms with van der Waals surface area (Å²) >= 11 is 0. The van der Waals surface area contributed by atoms with Crippen molar-refractivity contribution in [3.05, 3.63) is 36.4 Å². The van der Waals surface area contributed by atoms with Gasteiger partial charge in [-0.25, -0.2) is 17.9 Å². The normalized spacial score (nSPS) is 14.8. The van der Waals surface area contributed by atoms with Crippen LogP contribution in [0.5, 0.6) is 0 Å². The molecule has 0 aliphatic heterocycles. The van der Waals surface area contributed by atoms with Gasteiger partial charge in [0.15, 0.2) is 0 Å². The van der Waals surface area contributed by atoms with Crippen LogP contribution in [0.15, 0.2) is 35.7 Å². The quantitative estimate of drug-likeness (QED) is 0.661. The fourth-order valence-corrected chi connectivity index (χ4v) is 3.02. The van der Waals surface area contributed by atoms with E-state index in [-0.39, 0.29) is 16.5 Å². The van der Waals surface area contributed by atoms with Crippen molar-refractivity contribution >= 4 is 21.7 Å². The van der Waals surface area contributed by atoms with Crippen molar-refractivity contribution in [3.63, 3.8) is 0 Å². The maximum atomic E-state index is 12.0. The number of carbonyl (C=O) groups is 1. The van der Waals surface area contributed by atoms with E-state index >= 15 is 0 Å². The van der Waals surface area contributed by atoms with Crippen molar-refractivity contribution in [1.82, 2.24) is 4.72 Å². The van der Waals surface area contributed by atoms with Crippen LogP contribution in [0.4, 0.5) is 5.69 Å². The van der Waals surface area contributed by atoms with Crippen molar-refractivity contribution in [3.8, 4) is 0 Å². The lowest BCUT2D eigenvalue weighted by molar-refractivity contribution is 0.0697. The van der Waals surface area contributed by atoms with Crippen LogP contribution >= 0.6 is 0 Å². The van der Waals surface area contributed by atoms with Crippen molar-refractivity contribution in [2.45, 2.75) is 23.8 Å². The van der Waals surface area contributed by atoms with Crippen molar-refractivity contribution in [1.29, 1.82) is 0 Å². The molecule has 6 nitrogen and oxygen atoms in total. The summed E-state index contributed by atoms with van der Waals surface area (Å²) in [5, 5.41) is 12.0. The lowest BCUT2D eigenvalue weighted by atomic mass is 10.2. The summed E-state index contributed by atoms with van der Waals surface area (Å²) in [6, 6.07) is 3.99. The molecule has 2 rings (SSSR count). The Kier molecular flexibility index (Phi) is 4.10. The van der Waals surface area contributed by atoms with Crippen LogP contribution in [-0.4, -0.2) is 32.1 Å². The van der Waals surface area contributed by atoms with Gasteiger partial charge in [-0.1, -0.05) is 6.08 Å². The number of rotatable bonds is 7. The summed E-state index contributed by atoms with van der Waals surface area (Å²) in [5.41, 5.74) is 0.285. The third-order valence-electron chi connectivity index (χ3n) is 2.87. The maximum absolute atomic E-state index is 12.0. The number of anilines is 1. The molecule has 7 heteroatoms. The highest BCUT2D eigenvalue weighted by atomic mass is 32.2. The molecule has 1 aliphatic rings. The predicted octanol–water partition coefficient (Wildman–Crippen LogP) is 1.42. The molecule has 0 amide bonds. The topological polar surface area (TPSA) is 95.5 Å². The molecule has 0 atom stereocenters. The lowest BCUT2D eigenvalue weighted by Crippen LogP contribution is -2.26. The Morgan fingerprint density at radius 1 is 1.45 bits per heavy atom. The third kappa shape index (κ3) is 3.37. The molecule has 20 heavy (non-hydrogen) atoms. The summed E-state index contributed by atoms with van der Waals surface area (Å²) < 4.78 is 26.6. The SMILES string of the molecule is C=CCNc1ccc(S(=O)(=O)NC2CC2)cc1C(=O)O. The summed E-state index contributed by atoms with van der Waals surface area (Å²) in [6.45, 7) is 3.93. The van der Waals surface area contributed by atoms with Gasteiger partial charge in [-0.2, -0.15) is 0 Å². The molecule has 1 aliphatic carbocycles. The number of carboxylic acids is 1. The predicted molar refractivity (Wildman–Crippen MR) is 75.4 cm³/mol. The second-order valence-corrected chi connectivity index (χ2v) is 6.29. The van der Waals surface area contributed by atoms with Crippen LogP contribution < -0.4 is 10.0 Å². The Morgan fingerprint density at radius 2 is 2.15 bits per heavy atom. The Labute approximate surface area is 117 Å². The molecule has 1 aromatic carbocycles. The first-order valence-electron chi connectivity index (χ1n) is 6.18. The number of benzene rings is 1. The van der Waals surface area contributed by atoms with Crippen LogP contribution in [0.3, 0.4) is 0 Å². The van der Waals surface area contributed by atoms with E-state index in [9.17, 15) is 13.2 Å². The molecular weight excluding hydrogens is 280 g/mol. The molecule has 0 unspecified atom stereocenters. The van der Waals surface area contributed by atoms with Gasteiger partial charge < -0.3 is 10.4 Å². The highest BCUT2D eigenvalue weighted by Gasteiger charge is 2.28. The Balaban J connectivity index is 2.33. The van der Waals surface area contributed by atoms with Crippen LogP contribution in [0.2, 0.25) is 0 Å². The average molecular weight is 296 g/mol. The van der Waals surface area contributed by atoms with Crippen LogP contribution in [0.1, 0.15) is 23.2 Å². The average Bonchev–Trinajstić information content (AvgIpc) is 3.19. The molecule has 0 heterocycles. The van der Waals surface area contributed by atoms with Gasteiger partial charge in [-0.15, -0.1) is 6.58 Å². The van der Waals surface area contributed by atoms with Gasteiger partial charge >= 0.3 is 5.97 Å². The fourth-order valence-electron chi connectivity index (χ4n) is 1.69. The summed E-state index contributed by atoms with van der Waals surface area (Å²) in [5.74, 6) is -1.18. The highest BCUT2D eigenvalue weighted by molar-refractivity contribution is 7.89. The van der Waals surface area contributed by atoms with Gasteiger partial charge in [-0.05, 0) is 31.0 Å². The van der Waals surface area contributed by atoms with Crippen molar-refractivity contribution in [2.75, 3.05) is 11.9 Å². The molecule has 0 radical (unpaired) electrons. The number of nitrogens with one attached hydrogen (secondary N) is 2. The Bertz CT molecular complexity index is 636. The van der Waals surface area contributed by atoms with Gasteiger partial charge in [0.25, 0.3) is 0 Å². The molecule has 108 valence electrons. The second-order valence-electron chi connectivity index (χ2n) is 4.58. The molecular formula is C13H16N2O4S. The smallest absolute Gasteiger partial charge is 0.337 e. The minimum absolute atomic E-state index is 0.0214. The van der Waals surface area contributed by atoms with E-state index in [1.807, 2.05) is 0 Å². The number of hydrogen-bond donors (Lipinski definition) is 3. The first kappa shape index (κ1) is 14.5. The number of hydrogen-bond acceptors (Lipinski definition) is 4. The van der Waals surface area contributed by atoms with Crippen molar-refractivity contribution < 1.29 is 18.3 Å². The zero-order valence-electron chi connectivity index (χ0n) is 10.8. The van der Waals surface area contributed by atoms with E-state index in [0.29, 0.717) is 12.2 Å². The minimum atomic E-state index is -3.65. The second kappa shape index (κ2) is 5.64. The third-order valence-corrected chi connectivity index (χ3v) is 4.39. The Morgan fingerprint density at radius 3 is 2.70 bits per heavy atom. The van der Waals surface area contributed by atoms with Crippen LogP contribution in [0.25, 0.3) is 0 Å². The first-order chi connectivity index (χ1) is 9.44. The fraction of sp³-hybridized carbons (Fsp3) is 0.308. The molecule has 0 aromatic heterocycles. The summed E-state index contributed by atoms with van der Waals surface area (Å²) in [4.78, 5) is 11.2. The number of aromatic carboxylic acids is 1. The standard InChI is InChI=1S/C13H16N2O4S/c1-2-7-14-12-6-5-10(8-11(12)13(16)17)20(18,19)15-9-3-4-9/h2,5-6,8-9,14-15H,1,3-4,7H2,(H,16,17). The van der Waals surface area contributed by atoms with E-state index in [0.717, 1.165) is 12.8 Å². The minimum Gasteiger partial charge on any atom is -0.478 e. The van der Waals surface area contributed by atoms with Gasteiger partial charge in [-0.3, -0.25) is 0 Å². The Hall–Kier alpha value is -1.86. The van der Waals surface area contributed by atoms with Gasteiger partial charge in [0.1, 0.15) is 0 Å². The molecule has 1 saturated carbocycles. The molecule has 0 saturated heterocycles. The summed E-state index contributed by atoms with van der Waals surface area (Å²) in [7, 11) is -3.65. The zero-order valence-corrected chi connectivity index (χ0v) is 11.6. The van der Waals surface area contributed by atoms with E-state index in [2.05, 4.69) is 16.6 Å². The van der Waals surface area contributed by atoms with E-state index in [1.54, 1.807) is 6.08 Å². The van der Waals surface area contributed by atoms with E-state index < -0.39 is 16.0 Å². The largest absolute Gasteiger partial charge is 0.478 e. The van der Waals surface area contributed by atoms with E-state index in [4.69, 9.17) is 5.11 Å². The number of carboxylic acid groups (broad SMARTS) is 1. The van der Waals surface area contributed by atoms with Gasteiger partial charge in [0, 0.05) is 18.3 Å². The summed E-state index contributed by atoms with van der Waals surface area (Å²) in [6.07, 6.45) is 3.24. The first-order valence-corrected chi connectivity index (χ1v) is 7.67. The van der Waals surface area contributed by atoms with Crippen LogP contribution in [-0.2, 0) is 10.0 Å². The van der Waals surface area contributed by atoms with Crippen LogP contribution in [0, 0.1) is 0 Å². The molecule has 1 aromatic rings. The molecule has 3 N–H and O–H groups in total. The molecule has 0 bridgehead atoms. The monoisotopic (exact) mass is 296 g/mol. The zero-order chi connectivity index (χ0) is 14.8. The van der Waals surface area contributed by atoms with E-state index in [1.165, 1.54) is 18.2 Å². The van der Waals surface area contributed by atoms with Gasteiger partial charge in [0.2, 0.25) is 10.0 Å². The maximum Gasteiger partial charge on any atom is 0.337 e.